The lowest BCUT2D eigenvalue weighted by Gasteiger charge is -2.08. The van der Waals surface area contributed by atoms with Gasteiger partial charge in [0.2, 0.25) is 11.8 Å². The van der Waals surface area contributed by atoms with E-state index in [1.54, 1.807) is 30.3 Å². The third-order valence-corrected chi connectivity index (χ3v) is 3.57. The van der Waals surface area contributed by atoms with Gasteiger partial charge in [0.05, 0.1) is 6.21 Å². The zero-order valence-corrected chi connectivity index (χ0v) is 14.4. The molecule has 2 aromatic rings. The molecule has 25 heavy (non-hydrogen) atoms. The van der Waals surface area contributed by atoms with Crippen LogP contribution in [0.15, 0.2) is 47.6 Å². The number of amides is 2. The minimum absolute atomic E-state index is 0.0192. The molecule has 0 aromatic heterocycles. The summed E-state index contributed by atoms with van der Waals surface area (Å²) in [6.07, 6.45) is 1.52. The first-order chi connectivity index (χ1) is 11.9. The second-order valence-corrected chi connectivity index (χ2v) is 5.83. The SMILES string of the molecule is Cc1cc(Cl)ccc1NC(=O)CCC(=O)N/N=C\c1ccc(O)cc1. The molecule has 0 heterocycles. The molecule has 0 aliphatic carbocycles. The fourth-order valence-corrected chi connectivity index (χ4v) is 2.23. The Morgan fingerprint density at radius 2 is 1.80 bits per heavy atom. The molecule has 130 valence electrons. The maximum atomic E-state index is 11.9. The van der Waals surface area contributed by atoms with Gasteiger partial charge in [-0.15, -0.1) is 0 Å². The van der Waals surface area contributed by atoms with E-state index in [4.69, 9.17) is 16.7 Å². The molecular formula is C18H18ClN3O3. The van der Waals surface area contributed by atoms with Crippen LogP contribution in [0.1, 0.15) is 24.0 Å². The predicted molar refractivity (Wildman–Crippen MR) is 97.9 cm³/mol. The number of benzene rings is 2. The van der Waals surface area contributed by atoms with E-state index >= 15 is 0 Å². The van der Waals surface area contributed by atoms with E-state index in [-0.39, 0.29) is 30.4 Å². The van der Waals surface area contributed by atoms with Crippen molar-refractivity contribution in [3.8, 4) is 5.75 Å². The van der Waals surface area contributed by atoms with E-state index in [1.165, 1.54) is 18.3 Å². The van der Waals surface area contributed by atoms with Gasteiger partial charge in [0.15, 0.2) is 0 Å². The number of phenols is 1. The molecule has 2 aromatic carbocycles. The van der Waals surface area contributed by atoms with Gasteiger partial charge in [-0.05, 0) is 60.5 Å². The molecule has 0 aliphatic heterocycles. The minimum atomic E-state index is -0.363. The van der Waals surface area contributed by atoms with Crippen LogP contribution in [0.25, 0.3) is 0 Å². The predicted octanol–water partition coefficient (Wildman–Crippen LogP) is 3.22. The third-order valence-electron chi connectivity index (χ3n) is 3.34. The first kappa shape index (κ1) is 18.5. The number of aromatic hydroxyl groups is 1. The number of hydrogen-bond acceptors (Lipinski definition) is 4. The number of halogens is 1. The number of rotatable bonds is 6. The molecule has 2 rings (SSSR count). The van der Waals surface area contributed by atoms with Crippen molar-refractivity contribution in [1.82, 2.24) is 5.43 Å². The number of carbonyl (C=O) groups excluding carboxylic acids is 2. The van der Waals surface area contributed by atoms with Gasteiger partial charge in [-0.25, -0.2) is 5.43 Å². The van der Waals surface area contributed by atoms with E-state index in [0.29, 0.717) is 10.7 Å². The van der Waals surface area contributed by atoms with Gasteiger partial charge in [-0.3, -0.25) is 9.59 Å². The Morgan fingerprint density at radius 3 is 2.48 bits per heavy atom. The second kappa shape index (κ2) is 8.84. The standard InChI is InChI=1S/C18H18ClN3O3/c1-12-10-14(19)4-7-16(12)21-17(24)8-9-18(25)22-20-11-13-2-5-15(23)6-3-13/h2-7,10-11,23H,8-9H2,1H3,(H,21,24)(H,22,25)/b20-11-. The summed E-state index contributed by atoms with van der Waals surface area (Å²) in [4.78, 5) is 23.6. The highest BCUT2D eigenvalue weighted by Gasteiger charge is 2.08. The average molecular weight is 360 g/mol. The number of nitrogens with one attached hydrogen (secondary N) is 2. The van der Waals surface area contributed by atoms with Crippen LogP contribution < -0.4 is 10.7 Å². The fourth-order valence-electron chi connectivity index (χ4n) is 2.00. The molecule has 2 amide bonds. The highest BCUT2D eigenvalue weighted by molar-refractivity contribution is 6.30. The molecule has 0 aliphatic rings. The highest BCUT2D eigenvalue weighted by atomic mass is 35.5. The maximum Gasteiger partial charge on any atom is 0.240 e. The number of aryl methyl sites for hydroxylation is 1. The first-order valence-corrected chi connectivity index (χ1v) is 7.99. The van der Waals surface area contributed by atoms with Crippen LogP contribution in [-0.4, -0.2) is 23.1 Å². The Kier molecular flexibility index (Phi) is 6.54. The summed E-state index contributed by atoms with van der Waals surface area (Å²) in [5.41, 5.74) is 4.60. The molecule has 0 unspecified atom stereocenters. The molecule has 0 radical (unpaired) electrons. The van der Waals surface area contributed by atoms with E-state index in [2.05, 4.69) is 15.8 Å². The molecule has 3 N–H and O–H groups in total. The molecule has 0 atom stereocenters. The maximum absolute atomic E-state index is 11.9. The average Bonchev–Trinajstić information content (AvgIpc) is 2.57. The quantitative estimate of drug-likeness (QED) is 0.546. The molecule has 0 saturated carbocycles. The van der Waals surface area contributed by atoms with Gasteiger partial charge >= 0.3 is 0 Å². The van der Waals surface area contributed by atoms with Gasteiger partial charge in [-0.2, -0.15) is 5.10 Å². The lowest BCUT2D eigenvalue weighted by Crippen LogP contribution is -2.20. The minimum Gasteiger partial charge on any atom is -0.508 e. The topological polar surface area (TPSA) is 90.8 Å². The van der Waals surface area contributed by atoms with Gasteiger partial charge in [0, 0.05) is 23.6 Å². The van der Waals surface area contributed by atoms with Gasteiger partial charge in [0.25, 0.3) is 0 Å². The van der Waals surface area contributed by atoms with E-state index in [1.807, 2.05) is 6.92 Å². The Bertz CT molecular complexity index is 789. The Labute approximate surface area is 150 Å². The smallest absolute Gasteiger partial charge is 0.240 e. The van der Waals surface area contributed by atoms with Crippen LogP contribution in [0, 0.1) is 6.92 Å². The lowest BCUT2D eigenvalue weighted by atomic mass is 10.2. The van der Waals surface area contributed by atoms with Crippen LogP contribution in [0.2, 0.25) is 5.02 Å². The normalized spacial score (nSPS) is 10.6. The Hall–Kier alpha value is -2.86. The molecule has 0 spiro atoms. The summed E-state index contributed by atoms with van der Waals surface area (Å²) in [6.45, 7) is 1.84. The van der Waals surface area contributed by atoms with Crippen LogP contribution in [0.3, 0.4) is 0 Å². The van der Waals surface area contributed by atoms with Crippen molar-refractivity contribution >= 4 is 35.3 Å². The fraction of sp³-hybridized carbons (Fsp3) is 0.167. The van der Waals surface area contributed by atoms with Crippen molar-refractivity contribution in [2.45, 2.75) is 19.8 Å². The number of hydrazone groups is 1. The van der Waals surface area contributed by atoms with Gasteiger partial charge in [-0.1, -0.05) is 11.6 Å². The number of phenolic OH excluding ortho intramolecular Hbond substituents is 1. The summed E-state index contributed by atoms with van der Waals surface area (Å²) in [6, 6.07) is 11.5. The molecule has 6 nitrogen and oxygen atoms in total. The van der Waals surface area contributed by atoms with Crippen molar-refractivity contribution in [1.29, 1.82) is 0 Å². The number of hydrogen-bond donors (Lipinski definition) is 3. The van der Waals surface area contributed by atoms with Crippen molar-refractivity contribution in [2.24, 2.45) is 5.10 Å². The second-order valence-electron chi connectivity index (χ2n) is 5.39. The number of nitrogens with zero attached hydrogens (tertiary/aromatic N) is 1. The van der Waals surface area contributed by atoms with Crippen LogP contribution in [-0.2, 0) is 9.59 Å². The van der Waals surface area contributed by atoms with Crippen LogP contribution >= 0.6 is 11.6 Å². The zero-order chi connectivity index (χ0) is 18.2. The number of anilines is 1. The van der Waals surface area contributed by atoms with Crippen molar-refractivity contribution in [3.05, 3.63) is 58.6 Å². The Morgan fingerprint density at radius 1 is 1.12 bits per heavy atom. The van der Waals surface area contributed by atoms with Crippen molar-refractivity contribution in [2.75, 3.05) is 5.32 Å². The molecule has 0 bridgehead atoms. The highest BCUT2D eigenvalue weighted by Crippen LogP contribution is 2.19. The van der Waals surface area contributed by atoms with Crippen LogP contribution in [0.5, 0.6) is 5.75 Å². The Balaban J connectivity index is 1.75. The number of carbonyl (C=O) groups is 2. The van der Waals surface area contributed by atoms with Gasteiger partial charge in [0.1, 0.15) is 5.75 Å². The summed E-state index contributed by atoms with van der Waals surface area (Å²) >= 11 is 5.87. The van der Waals surface area contributed by atoms with Crippen LogP contribution in [0.4, 0.5) is 5.69 Å². The molecule has 0 saturated heterocycles. The van der Waals surface area contributed by atoms with Crippen molar-refractivity contribution < 1.29 is 14.7 Å². The summed E-state index contributed by atoms with van der Waals surface area (Å²) in [5, 5.41) is 16.3. The third kappa shape index (κ3) is 6.27. The molecule has 0 fully saturated rings. The van der Waals surface area contributed by atoms with E-state index in [9.17, 15) is 9.59 Å². The van der Waals surface area contributed by atoms with Gasteiger partial charge < -0.3 is 10.4 Å². The first-order valence-electron chi connectivity index (χ1n) is 7.61. The molecule has 7 heteroatoms. The summed E-state index contributed by atoms with van der Waals surface area (Å²) < 4.78 is 0. The van der Waals surface area contributed by atoms with E-state index in [0.717, 1.165) is 11.1 Å². The van der Waals surface area contributed by atoms with Crippen molar-refractivity contribution in [3.63, 3.8) is 0 Å². The summed E-state index contributed by atoms with van der Waals surface area (Å²) in [5.74, 6) is -0.468. The largest absolute Gasteiger partial charge is 0.508 e. The molecular weight excluding hydrogens is 342 g/mol. The van der Waals surface area contributed by atoms with E-state index < -0.39 is 0 Å². The summed E-state index contributed by atoms with van der Waals surface area (Å²) in [7, 11) is 0. The monoisotopic (exact) mass is 359 g/mol. The lowest BCUT2D eigenvalue weighted by molar-refractivity contribution is -0.124. The zero-order valence-electron chi connectivity index (χ0n) is 13.6.